The molecule has 0 aromatic rings. The molecule has 0 bridgehead atoms. The summed E-state index contributed by atoms with van der Waals surface area (Å²) in [6.45, 7) is 11.5. The van der Waals surface area contributed by atoms with Gasteiger partial charge in [0, 0.05) is 39.2 Å². The quantitative estimate of drug-likeness (QED) is 0.346. The molecule has 0 aromatic heterocycles. The van der Waals surface area contributed by atoms with E-state index in [1.807, 2.05) is 32.9 Å². The highest BCUT2D eigenvalue weighted by Gasteiger charge is 2.57. The molecule has 0 saturated heterocycles. The molecule has 0 unspecified atom stereocenters. The van der Waals surface area contributed by atoms with Crippen LogP contribution in [0.3, 0.4) is 0 Å². The van der Waals surface area contributed by atoms with E-state index >= 15 is 0 Å². The van der Waals surface area contributed by atoms with Crippen LogP contribution in [0.15, 0.2) is 34.4 Å². The Hall–Kier alpha value is -2.90. The molecule has 0 aromatic carbocycles. The van der Waals surface area contributed by atoms with Gasteiger partial charge in [-0.25, -0.2) is 4.79 Å². The number of carbonyl (C=O) groups is 4. The Labute approximate surface area is 200 Å². The van der Waals surface area contributed by atoms with Crippen LogP contribution in [0.25, 0.3) is 0 Å². The molecule has 1 aliphatic heterocycles. The lowest BCUT2D eigenvalue weighted by atomic mass is 9.58. The summed E-state index contributed by atoms with van der Waals surface area (Å²) in [7, 11) is 0. The van der Waals surface area contributed by atoms with Crippen molar-refractivity contribution in [2.45, 2.75) is 92.1 Å². The lowest BCUT2D eigenvalue weighted by Crippen LogP contribution is -2.58. The summed E-state index contributed by atoms with van der Waals surface area (Å²) >= 11 is 0. The Morgan fingerprint density at radius 2 is 1.59 bits per heavy atom. The molecule has 1 heterocycles. The van der Waals surface area contributed by atoms with Gasteiger partial charge < -0.3 is 18.9 Å². The van der Waals surface area contributed by atoms with E-state index in [-0.39, 0.29) is 18.3 Å². The predicted molar refractivity (Wildman–Crippen MR) is 122 cm³/mol. The molecule has 6 atom stereocenters. The van der Waals surface area contributed by atoms with Crippen LogP contribution in [-0.2, 0) is 38.1 Å². The van der Waals surface area contributed by atoms with Gasteiger partial charge in [0.2, 0.25) is 0 Å². The van der Waals surface area contributed by atoms with Gasteiger partial charge in [0.15, 0.2) is 0 Å². The van der Waals surface area contributed by atoms with E-state index in [2.05, 4.69) is 0 Å². The predicted octanol–water partition coefficient (Wildman–Crippen LogP) is 3.74. The highest BCUT2D eigenvalue weighted by atomic mass is 16.6. The normalized spacial score (nSPS) is 35.0. The largest absolute Gasteiger partial charge is 0.461 e. The maximum Gasteiger partial charge on any atom is 0.334 e. The number of esters is 4. The molecule has 2 aliphatic carbocycles. The van der Waals surface area contributed by atoms with Gasteiger partial charge in [-0.2, -0.15) is 0 Å². The van der Waals surface area contributed by atoms with Gasteiger partial charge in [0.1, 0.15) is 24.4 Å². The fraction of sp³-hybridized carbons (Fsp3) is 0.615. The van der Waals surface area contributed by atoms with Crippen LogP contribution in [-0.4, -0.2) is 48.3 Å². The average molecular weight is 475 g/mol. The zero-order valence-electron chi connectivity index (χ0n) is 20.9. The van der Waals surface area contributed by atoms with E-state index in [0.29, 0.717) is 18.4 Å². The molecule has 8 heteroatoms. The summed E-state index contributed by atoms with van der Waals surface area (Å²) in [5.41, 5.74) is 2.30. The summed E-state index contributed by atoms with van der Waals surface area (Å²) < 4.78 is 23.1. The first-order valence-electron chi connectivity index (χ1n) is 11.6. The van der Waals surface area contributed by atoms with Gasteiger partial charge in [0.05, 0.1) is 5.41 Å². The smallest absolute Gasteiger partial charge is 0.334 e. The molecule has 3 rings (SSSR count). The summed E-state index contributed by atoms with van der Waals surface area (Å²) in [6, 6.07) is 0. The second kappa shape index (κ2) is 9.76. The van der Waals surface area contributed by atoms with Crippen LogP contribution in [0.1, 0.15) is 67.7 Å². The Kier molecular flexibility index (Phi) is 7.38. The molecule has 3 aliphatic rings. The Morgan fingerprint density at radius 1 is 0.971 bits per heavy atom. The van der Waals surface area contributed by atoms with Gasteiger partial charge in [-0.1, -0.05) is 24.1 Å². The van der Waals surface area contributed by atoms with Crippen molar-refractivity contribution in [3.8, 4) is 0 Å². The second-order valence-electron chi connectivity index (χ2n) is 9.78. The molecular weight excluding hydrogens is 440 g/mol. The maximum atomic E-state index is 12.5. The van der Waals surface area contributed by atoms with E-state index in [1.54, 1.807) is 6.92 Å². The summed E-state index contributed by atoms with van der Waals surface area (Å²) in [4.78, 5) is 49.0. The van der Waals surface area contributed by atoms with Crippen LogP contribution < -0.4 is 0 Å². The van der Waals surface area contributed by atoms with Crippen LogP contribution in [0.4, 0.5) is 0 Å². The number of ether oxygens (including phenoxy) is 4. The maximum absolute atomic E-state index is 12.5. The highest BCUT2D eigenvalue weighted by Crippen LogP contribution is 2.52. The van der Waals surface area contributed by atoms with Gasteiger partial charge in [-0.3, -0.25) is 14.4 Å². The molecule has 0 radical (unpaired) electrons. The zero-order chi connectivity index (χ0) is 25.4. The highest BCUT2D eigenvalue weighted by molar-refractivity contribution is 5.92. The Balaban J connectivity index is 2.28. The average Bonchev–Trinajstić information content (AvgIpc) is 2.96. The minimum Gasteiger partial charge on any atom is -0.461 e. The van der Waals surface area contributed by atoms with Gasteiger partial charge >= 0.3 is 23.9 Å². The molecule has 34 heavy (non-hydrogen) atoms. The fourth-order valence-electron chi connectivity index (χ4n) is 5.63. The van der Waals surface area contributed by atoms with Crippen LogP contribution >= 0.6 is 0 Å². The Bertz CT molecular complexity index is 987. The van der Waals surface area contributed by atoms with E-state index in [9.17, 15) is 19.2 Å². The number of hydrogen-bond donors (Lipinski definition) is 0. The first-order valence-corrected chi connectivity index (χ1v) is 11.6. The van der Waals surface area contributed by atoms with Gasteiger partial charge in [-0.15, -0.1) is 0 Å². The molecule has 0 spiro atoms. The fourth-order valence-corrected chi connectivity index (χ4v) is 5.63. The topological polar surface area (TPSA) is 105 Å². The van der Waals surface area contributed by atoms with E-state index in [1.165, 1.54) is 20.8 Å². The van der Waals surface area contributed by atoms with Crippen LogP contribution in [0, 0.1) is 11.3 Å². The third kappa shape index (κ3) is 4.95. The van der Waals surface area contributed by atoms with Crippen molar-refractivity contribution >= 4 is 23.9 Å². The molecule has 8 nitrogen and oxygen atoms in total. The minimum absolute atomic E-state index is 0.260. The molecule has 0 N–H and O–H groups in total. The molecule has 186 valence electrons. The number of carbonyl (C=O) groups excluding carboxylic acids is 4. The third-order valence-corrected chi connectivity index (χ3v) is 7.27. The van der Waals surface area contributed by atoms with Crippen molar-refractivity contribution in [3.05, 3.63) is 34.4 Å². The van der Waals surface area contributed by atoms with Crippen LogP contribution in [0.5, 0.6) is 0 Å². The number of fused-ring (bicyclic) bond motifs is 2. The van der Waals surface area contributed by atoms with Crippen molar-refractivity contribution < 1.29 is 38.1 Å². The third-order valence-electron chi connectivity index (χ3n) is 7.27. The van der Waals surface area contributed by atoms with Gasteiger partial charge in [0.25, 0.3) is 0 Å². The lowest BCUT2D eigenvalue weighted by molar-refractivity contribution is -0.200. The van der Waals surface area contributed by atoms with E-state index in [4.69, 9.17) is 18.9 Å². The summed E-state index contributed by atoms with van der Waals surface area (Å²) in [5, 5.41) is 0. The SMILES string of the molecule is CC(=O)O[C@H]1CC=C(C)[C@@H]2CC3=C(C)C(=O)O[C@H]3/C=C(/C)C[C@@H](OC(C)=O)[C@H](OC(C)=O)[C@@]12C. The first-order chi connectivity index (χ1) is 15.8. The van der Waals surface area contributed by atoms with Crippen molar-refractivity contribution in [1.29, 1.82) is 0 Å². The number of rotatable bonds is 3. The van der Waals surface area contributed by atoms with E-state index in [0.717, 1.165) is 16.7 Å². The molecule has 0 fully saturated rings. The number of allylic oxidation sites excluding steroid dienone is 1. The van der Waals surface area contributed by atoms with Crippen molar-refractivity contribution in [1.82, 2.24) is 0 Å². The number of hydrogen-bond acceptors (Lipinski definition) is 8. The molecule has 0 saturated carbocycles. The summed E-state index contributed by atoms with van der Waals surface area (Å²) in [5.74, 6) is -2.14. The first kappa shape index (κ1) is 25.7. The monoisotopic (exact) mass is 474 g/mol. The zero-order valence-corrected chi connectivity index (χ0v) is 20.9. The standard InChI is InChI=1S/C26H34O8/c1-13-10-21-19(15(3)25(30)34-21)12-20-14(2)8-9-23(32-17(5)28)26(20,7)24(33-18(6)29)22(11-13)31-16(4)27/h8,10,20-24H,9,11-12H2,1-7H3/b13-10-/t20-,21-,22+,23-,24-,26+/m0/s1. The molecule has 0 amide bonds. The summed E-state index contributed by atoms with van der Waals surface area (Å²) in [6.07, 6.45) is 2.12. The lowest BCUT2D eigenvalue weighted by Gasteiger charge is -2.51. The second-order valence-corrected chi connectivity index (χ2v) is 9.78. The minimum atomic E-state index is -0.947. The van der Waals surface area contributed by atoms with Gasteiger partial charge in [-0.05, 0) is 44.8 Å². The van der Waals surface area contributed by atoms with Crippen LogP contribution in [0.2, 0.25) is 0 Å². The Morgan fingerprint density at radius 3 is 2.18 bits per heavy atom. The molecular formula is C26H34O8. The van der Waals surface area contributed by atoms with Crippen molar-refractivity contribution in [2.75, 3.05) is 0 Å². The van der Waals surface area contributed by atoms with E-state index < -0.39 is 47.7 Å². The van der Waals surface area contributed by atoms with Crippen molar-refractivity contribution in [2.24, 2.45) is 11.3 Å². The van der Waals surface area contributed by atoms with Crippen molar-refractivity contribution in [3.63, 3.8) is 0 Å².